The van der Waals surface area contributed by atoms with Crippen molar-refractivity contribution in [3.8, 4) is 0 Å². The first-order valence-corrected chi connectivity index (χ1v) is 32.3. The molecular weight excluding hydrogens is 1230 g/mol. The number of nitrogens with zero attached hydrogens (tertiary/aromatic N) is 5. The molecule has 3 aliphatic heterocycles. The number of H-pyrrole nitrogens is 1. The van der Waals surface area contributed by atoms with Crippen LogP contribution in [0.15, 0.2) is 25.0 Å². The molecule has 2 aromatic heterocycles. The Kier molecular flexibility index (Phi) is 25.6. The van der Waals surface area contributed by atoms with Crippen LogP contribution >= 0.6 is 34.4 Å². The van der Waals surface area contributed by atoms with Gasteiger partial charge < -0.3 is 70.6 Å². The van der Waals surface area contributed by atoms with Crippen LogP contribution in [-0.2, 0) is 65.2 Å². The second kappa shape index (κ2) is 30.4. The van der Waals surface area contributed by atoms with Gasteiger partial charge in [0.05, 0.1) is 54.0 Å². The highest BCUT2D eigenvalue weighted by molar-refractivity contribution is 7.54. The van der Waals surface area contributed by atoms with Gasteiger partial charge in [-0.25, -0.2) is 19.3 Å². The van der Waals surface area contributed by atoms with E-state index >= 15 is 0 Å². The number of hydrogen-bond donors (Lipinski definition) is 8. The van der Waals surface area contributed by atoms with E-state index in [1.807, 2.05) is 25.7 Å². The van der Waals surface area contributed by atoms with Crippen LogP contribution in [0.5, 0.6) is 0 Å². The molecule has 502 valence electrons. The van der Waals surface area contributed by atoms with Gasteiger partial charge in [0.25, 0.3) is 0 Å². The Morgan fingerprint density at radius 3 is 1.83 bits per heavy atom. The number of rotatable bonds is 18. The van der Waals surface area contributed by atoms with Crippen LogP contribution in [0, 0.1) is 34.0 Å². The molecule has 3 aliphatic carbocycles. The maximum atomic E-state index is 14.4. The zero-order valence-electron chi connectivity index (χ0n) is 55.4. The summed E-state index contributed by atoms with van der Waals surface area (Å²) in [5, 5.41) is 30.1. The van der Waals surface area contributed by atoms with Gasteiger partial charge in [-0.1, -0.05) is 55.4 Å². The van der Waals surface area contributed by atoms with Crippen LogP contribution in [0.1, 0.15) is 174 Å². The molecule has 90 heavy (non-hydrogen) atoms. The van der Waals surface area contributed by atoms with E-state index in [0.717, 1.165) is 25.7 Å². The molecule has 11 unspecified atom stereocenters. The molecule has 3 saturated heterocycles. The normalized spacial score (nSPS) is 23.9. The van der Waals surface area contributed by atoms with E-state index in [1.54, 1.807) is 68.5 Å². The predicted octanol–water partition coefficient (Wildman–Crippen LogP) is 4.86. The summed E-state index contributed by atoms with van der Waals surface area (Å²) in [4.78, 5) is 119. The highest BCUT2D eigenvalue weighted by Gasteiger charge is 2.68. The molecule has 6 aliphatic rings. The lowest BCUT2D eigenvalue weighted by atomic mass is 9.45. The Morgan fingerprint density at radius 2 is 1.32 bits per heavy atom. The maximum Gasteiger partial charge on any atom is 0.481 e. The van der Waals surface area contributed by atoms with E-state index in [9.17, 15) is 48.4 Å². The van der Waals surface area contributed by atoms with Gasteiger partial charge in [-0.3, -0.25) is 33.6 Å². The molecular formula is C59H97B3Cl3N11O14. The van der Waals surface area contributed by atoms with Crippen LogP contribution in [0.4, 0.5) is 4.79 Å². The highest BCUT2D eigenvalue weighted by Crippen LogP contribution is 2.65. The second-order valence-corrected chi connectivity index (χ2v) is 31.5. The van der Waals surface area contributed by atoms with Crippen LogP contribution in [0.25, 0.3) is 0 Å². The summed E-state index contributed by atoms with van der Waals surface area (Å²) in [7, 11) is -2.18. The number of aromatic amines is 1. The minimum atomic E-state index is -1.64. The second-order valence-electron chi connectivity index (χ2n) is 29.5. The third-order valence-electron chi connectivity index (χ3n) is 17.2. The van der Waals surface area contributed by atoms with Gasteiger partial charge in [-0.05, 0) is 129 Å². The molecule has 8 rings (SSSR count). The molecule has 12 atom stereocenters. The predicted molar refractivity (Wildman–Crippen MR) is 343 cm³/mol. The molecule has 3 saturated carbocycles. The number of nitrogens with two attached hydrogens (primary N) is 1. The summed E-state index contributed by atoms with van der Waals surface area (Å²) in [6.07, 6.45) is 9.83. The fraction of sp³-hybridized carbons (Fsp3) is 0.763. The van der Waals surface area contributed by atoms with Crippen molar-refractivity contribution in [2.75, 3.05) is 13.1 Å². The van der Waals surface area contributed by atoms with Gasteiger partial charge in [0.1, 0.15) is 41.7 Å². The smallest absolute Gasteiger partial charge is 0.460 e. The number of imidazole rings is 2. The van der Waals surface area contributed by atoms with E-state index in [4.69, 9.17) is 58.9 Å². The van der Waals surface area contributed by atoms with Gasteiger partial charge in [-0.2, -0.15) is 34.4 Å². The summed E-state index contributed by atoms with van der Waals surface area (Å²) in [5.41, 5.74) is 3.99. The summed E-state index contributed by atoms with van der Waals surface area (Å²) in [6.45, 7) is 32.3. The Morgan fingerprint density at radius 1 is 0.789 bits per heavy atom. The first-order chi connectivity index (χ1) is 41.3. The van der Waals surface area contributed by atoms with Gasteiger partial charge in [-0.15, -0.1) is 0 Å². The van der Waals surface area contributed by atoms with E-state index in [2.05, 4.69) is 57.0 Å². The average molecular weight is 1320 g/mol. The standard InChI is InChI=1S/C40H64BN5O9.C19H33BN6O5.BCl3/c1-23(43-33(49)24(18-29(47)52-37(5,6)7)17-26-21-45(22-42-26)35(51)53-38(8,9)10)32(48)44-30(36(2,3)4)34(50)46-16-14-15-28(46)41-54-31-27-19-25(39(27,11)12)20-40(31,13)55-41;1-11(24-17(28)13(21)8-12-9-22-10-23-12)16(27)25-15(19(2,3)4)18(29)26-7-5-6-14(26)20(30)31;2-1(3)4/h21-25,27-28,30-31H,14-20H2,1-13H3,(H,43,49)(H,44,48);9-11,13-15,30-31H,5-8,21H2,1-4H3,(H,22,23)(H,24,28)(H,25,27);/t23?,24?,25?,27?,28?,30?,31?,40-;;/m0../s1. The van der Waals surface area contributed by atoms with E-state index in [1.165, 1.54) is 42.2 Å². The summed E-state index contributed by atoms with van der Waals surface area (Å²) in [6, 6.07) is -4.65. The lowest BCUT2D eigenvalue weighted by Gasteiger charge is -2.63. The third-order valence-corrected chi connectivity index (χ3v) is 17.2. The highest BCUT2D eigenvalue weighted by atomic mass is 35.6. The zero-order valence-corrected chi connectivity index (χ0v) is 57.7. The molecule has 9 N–H and O–H groups in total. The number of esters is 1. The summed E-state index contributed by atoms with van der Waals surface area (Å²) >= 11 is 14.4. The summed E-state index contributed by atoms with van der Waals surface area (Å²) < 4.78 is 25.5. The van der Waals surface area contributed by atoms with Gasteiger partial charge in [0.2, 0.25) is 35.4 Å². The lowest BCUT2D eigenvalue weighted by Crippen LogP contribution is -2.63. The average Bonchev–Trinajstić information content (AvgIpc) is 1.30. The first-order valence-electron chi connectivity index (χ1n) is 31.0. The Bertz CT molecular complexity index is 2820. The quantitative estimate of drug-likeness (QED) is 0.0730. The number of hydrogen-bond acceptors (Lipinski definition) is 17. The van der Waals surface area contributed by atoms with Crippen LogP contribution < -0.4 is 27.0 Å². The van der Waals surface area contributed by atoms with Gasteiger partial charge in [0, 0.05) is 44.0 Å². The largest absolute Gasteiger partial charge is 0.481 e. The zero-order chi connectivity index (χ0) is 68.0. The number of carbonyl (C=O) groups excluding carboxylic acids is 8. The molecule has 0 radical (unpaired) electrons. The Labute approximate surface area is 546 Å². The Balaban J connectivity index is 0.000000355. The van der Waals surface area contributed by atoms with Crippen molar-refractivity contribution in [2.24, 2.45) is 39.7 Å². The third kappa shape index (κ3) is 20.5. The number of halogens is 3. The van der Waals surface area contributed by atoms with Crippen molar-refractivity contribution in [1.29, 1.82) is 0 Å². The number of likely N-dealkylation sites (tertiary alicyclic amines) is 2. The van der Waals surface area contributed by atoms with Crippen LogP contribution in [0.2, 0.25) is 0 Å². The molecule has 5 heterocycles. The topological polar surface area (TPSA) is 341 Å². The monoisotopic (exact) mass is 1320 g/mol. The van der Waals surface area contributed by atoms with Crippen LogP contribution in [0.3, 0.4) is 0 Å². The van der Waals surface area contributed by atoms with Crippen molar-refractivity contribution in [3.63, 3.8) is 0 Å². The van der Waals surface area contributed by atoms with Crippen molar-refractivity contribution in [1.82, 2.24) is 50.6 Å². The van der Waals surface area contributed by atoms with Crippen molar-refractivity contribution >= 4 is 101 Å². The van der Waals surface area contributed by atoms with Crippen molar-refractivity contribution in [2.45, 2.75) is 240 Å². The fourth-order valence-electron chi connectivity index (χ4n) is 12.3. The van der Waals surface area contributed by atoms with Crippen LogP contribution in [-0.4, -0.2) is 184 Å². The van der Waals surface area contributed by atoms with Gasteiger partial charge >= 0.3 is 31.3 Å². The Hall–Kier alpha value is -4.96. The molecule has 0 spiro atoms. The van der Waals surface area contributed by atoms with E-state index in [-0.39, 0.29) is 54.1 Å². The number of aromatic nitrogens is 4. The lowest BCUT2D eigenvalue weighted by molar-refractivity contribution is -0.185. The maximum absolute atomic E-state index is 14.4. The first kappa shape index (κ1) is 75.8. The molecule has 6 fully saturated rings. The summed E-state index contributed by atoms with van der Waals surface area (Å²) in [5.74, 6) is -4.30. The minimum absolute atomic E-state index is 0.0151. The van der Waals surface area contributed by atoms with Gasteiger partial charge in [0.15, 0.2) is 0 Å². The number of ether oxygens (including phenoxy) is 2. The molecule has 31 heteroatoms. The van der Waals surface area contributed by atoms with Crippen molar-refractivity contribution < 1.29 is 67.2 Å². The van der Waals surface area contributed by atoms with Crippen molar-refractivity contribution in [3.05, 3.63) is 36.4 Å². The number of amides is 6. The van der Waals surface area contributed by atoms with E-state index < -0.39 is 119 Å². The minimum Gasteiger partial charge on any atom is -0.460 e. The molecule has 6 amide bonds. The molecule has 25 nitrogen and oxygen atoms in total. The molecule has 2 aromatic rings. The fourth-order valence-corrected chi connectivity index (χ4v) is 12.3. The van der Waals surface area contributed by atoms with E-state index in [0.29, 0.717) is 49.2 Å². The molecule has 2 bridgehead atoms. The number of nitrogens with one attached hydrogen (secondary N) is 5. The SMILES string of the molecule is CC(NC(=O)C(CC(=O)OC(C)(C)C)Cc1cn(C(=O)OC(C)(C)C)cn1)C(=O)NC(C(=O)N1CCCC1B1OC2C3CC(C[C@]2(C)O1)C3(C)C)C(C)(C)C.CC(NC(=O)C(N)Cc1cnc[nH]1)C(=O)NC(C(=O)N1CCCC1B(O)O)C(C)(C)C.ClB(Cl)Cl. The number of carbonyl (C=O) groups is 8. The molecule has 0 aromatic carbocycles.